The minimum atomic E-state index is -0.699. The van der Waals surface area contributed by atoms with E-state index in [0.717, 1.165) is 23.8 Å². The Hall–Kier alpha value is -2.96. The predicted octanol–water partition coefficient (Wildman–Crippen LogP) is 3.60. The lowest BCUT2D eigenvalue weighted by Gasteiger charge is -2.05. The Bertz CT molecular complexity index is 635. The number of non-ortho nitro benzene ring substituents is 2. The molecule has 0 unspecified atom stereocenters. The molecule has 0 aliphatic heterocycles. The van der Waals surface area contributed by atoms with Gasteiger partial charge in [-0.1, -0.05) is 17.7 Å². The van der Waals surface area contributed by atoms with Crippen LogP contribution in [-0.2, 0) is 0 Å². The molecule has 102 valence electrons. The van der Waals surface area contributed by atoms with Gasteiger partial charge in [0.2, 0.25) is 0 Å². The van der Waals surface area contributed by atoms with Crippen molar-refractivity contribution in [3.05, 3.63) is 68.3 Å². The summed E-state index contributed by atoms with van der Waals surface area (Å²) < 4.78 is 5.41. The fourth-order valence-corrected chi connectivity index (χ4v) is 1.58. The van der Waals surface area contributed by atoms with Gasteiger partial charge in [0.25, 0.3) is 11.4 Å². The van der Waals surface area contributed by atoms with E-state index >= 15 is 0 Å². The van der Waals surface area contributed by atoms with Crippen LogP contribution in [-0.4, -0.2) is 9.85 Å². The Kier molecular flexibility index (Phi) is 3.60. The van der Waals surface area contributed by atoms with E-state index in [9.17, 15) is 20.2 Å². The minimum absolute atomic E-state index is 0.0507. The lowest BCUT2D eigenvalue weighted by atomic mass is 10.2. The molecule has 0 fully saturated rings. The van der Waals surface area contributed by atoms with Gasteiger partial charge < -0.3 is 4.74 Å². The number of aryl methyl sites for hydroxylation is 1. The first kappa shape index (κ1) is 13.5. The normalized spacial score (nSPS) is 10.1. The molecule has 0 spiro atoms. The molecule has 0 amide bonds. The quantitative estimate of drug-likeness (QED) is 0.626. The molecule has 0 radical (unpaired) electrons. The zero-order valence-corrected chi connectivity index (χ0v) is 10.5. The number of nitro groups is 2. The van der Waals surface area contributed by atoms with Gasteiger partial charge in [0.1, 0.15) is 11.5 Å². The summed E-state index contributed by atoms with van der Waals surface area (Å²) in [7, 11) is 0. The van der Waals surface area contributed by atoms with Crippen molar-refractivity contribution < 1.29 is 14.6 Å². The van der Waals surface area contributed by atoms with Crippen molar-refractivity contribution >= 4 is 11.4 Å². The zero-order valence-electron chi connectivity index (χ0n) is 10.5. The number of hydrogen-bond acceptors (Lipinski definition) is 5. The van der Waals surface area contributed by atoms with E-state index in [4.69, 9.17) is 4.74 Å². The summed E-state index contributed by atoms with van der Waals surface area (Å²) in [5.74, 6) is 0.500. The fraction of sp³-hybridized carbons (Fsp3) is 0.0769. The van der Waals surface area contributed by atoms with E-state index < -0.39 is 9.85 Å². The molecule has 7 heteroatoms. The van der Waals surface area contributed by atoms with Gasteiger partial charge in [-0.05, 0) is 19.1 Å². The second-order valence-corrected chi connectivity index (χ2v) is 4.11. The van der Waals surface area contributed by atoms with Crippen molar-refractivity contribution in [2.75, 3.05) is 0 Å². The third kappa shape index (κ3) is 3.08. The molecule has 0 N–H and O–H groups in total. The fourth-order valence-electron chi connectivity index (χ4n) is 1.58. The molecule has 0 saturated carbocycles. The molecule has 0 atom stereocenters. The second-order valence-electron chi connectivity index (χ2n) is 4.11. The van der Waals surface area contributed by atoms with Crippen LogP contribution >= 0.6 is 0 Å². The molecule has 0 aliphatic rings. The van der Waals surface area contributed by atoms with Gasteiger partial charge in [-0.3, -0.25) is 20.2 Å². The smallest absolute Gasteiger partial charge is 0.280 e. The summed E-state index contributed by atoms with van der Waals surface area (Å²) in [5.41, 5.74) is 0.255. The van der Waals surface area contributed by atoms with Crippen LogP contribution in [0.1, 0.15) is 5.56 Å². The number of hydrogen-bond donors (Lipinski definition) is 0. The molecule has 7 nitrogen and oxygen atoms in total. The van der Waals surface area contributed by atoms with E-state index in [-0.39, 0.29) is 17.1 Å². The van der Waals surface area contributed by atoms with E-state index in [1.54, 1.807) is 24.3 Å². The summed E-state index contributed by atoms with van der Waals surface area (Å²) in [6.07, 6.45) is 0. The highest BCUT2D eigenvalue weighted by Crippen LogP contribution is 2.30. The van der Waals surface area contributed by atoms with Crippen molar-refractivity contribution in [1.29, 1.82) is 0 Å². The predicted molar refractivity (Wildman–Crippen MR) is 71.0 cm³/mol. The number of ether oxygens (including phenoxy) is 1. The van der Waals surface area contributed by atoms with Crippen molar-refractivity contribution in [2.45, 2.75) is 6.92 Å². The minimum Gasteiger partial charge on any atom is -0.457 e. The molecule has 2 aromatic rings. The number of benzene rings is 2. The topological polar surface area (TPSA) is 95.5 Å². The second kappa shape index (κ2) is 5.35. The van der Waals surface area contributed by atoms with Gasteiger partial charge in [0.15, 0.2) is 0 Å². The number of nitrogens with zero attached hydrogens (tertiary/aromatic N) is 2. The summed E-state index contributed by atoms with van der Waals surface area (Å²) in [5, 5.41) is 21.5. The van der Waals surface area contributed by atoms with Gasteiger partial charge in [0.05, 0.1) is 28.0 Å². The zero-order chi connectivity index (χ0) is 14.7. The Labute approximate surface area is 113 Å². The van der Waals surface area contributed by atoms with Crippen LogP contribution in [0.2, 0.25) is 0 Å². The van der Waals surface area contributed by atoms with Gasteiger partial charge in [-0.15, -0.1) is 0 Å². The Morgan fingerprint density at radius 3 is 1.80 bits per heavy atom. The first-order valence-corrected chi connectivity index (χ1v) is 5.64. The highest BCUT2D eigenvalue weighted by Gasteiger charge is 2.17. The summed E-state index contributed by atoms with van der Waals surface area (Å²) in [6, 6.07) is 10.2. The first-order valence-electron chi connectivity index (χ1n) is 5.64. The molecule has 20 heavy (non-hydrogen) atoms. The first-order chi connectivity index (χ1) is 9.45. The van der Waals surface area contributed by atoms with Gasteiger partial charge in [0, 0.05) is 0 Å². The van der Waals surface area contributed by atoms with Crippen LogP contribution in [0.15, 0.2) is 42.5 Å². The summed E-state index contributed by atoms with van der Waals surface area (Å²) >= 11 is 0. The molecule has 2 aromatic carbocycles. The van der Waals surface area contributed by atoms with E-state index in [1.165, 1.54) is 0 Å². The monoisotopic (exact) mass is 274 g/mol. The van der Waals surface area contributed by atoms with Crippen LogP contribution in [0.3, 0.4) is 0 Å². The molecule has 0 aliphatic carbocycles. The van der Waals surface area contributed by atoms with Gasteiger partial charge in [-0.2, -0.15) is 0 Å². The summed E-state index contributed by atoms with van der Waals surface area (Å²) in [6.45, 7) is 1.90. The highest BCUT2D eigenvalue weighted by atomic mass is 16.6. The maximum absolute atomic E-state index is 10.8. The van der Waals surface area contributed by atoms with E-state index in [2.05, 4.69) is 0 Å². The van der Waals surface area contributed by atoms with Gasteiger partial charge >= 0.3 is 0 Å². The molecule has 0 saturated heterocycles. The Morgan fingerprint density at radius 2 is 1.35 bits per heavy atom. The highest BCUT2D eigenvalue weighted by molar-refractivity contribution is 5.50. The van der Waals surface area contributed by atoms with Crippen LogP contribution in [0.5, 0.6) is 11.5 Å². The number of rotatable bonds is 4. The third-order valence-electron chi connectivity index (χ3n) is 2.55. The molecule has 0 heterocycles. The van der Waals surface area contributed by atoms with Crippen molar-refractivity contribution in [3.63, 3.8) is 0 Å². The Morgan fingerprint density at radius 1 is 0.850 bits per heavy atom. The molecular weight excluding hydrogens is 264 g/mol. The standard InChI is InChI=1S/C13H10N2O5/c1-9-2-4-12(5-3-9)20-13-7-10(14(16)17)6-11(8-13)15(18)19/h2-8H,1H3. The van der Waals surface area contributed by atoms with Crippen LogP contribution in [0, 0.1) is 27.2 Å². The van der Waals surface area contributed by atoms with E-state index in [0.29, 0.717) is 5.75 Å². The lowest BCUT2D eigenvalue weighted by Crippen LogP contribution is -1.94. The van der Waals surface area contributed by atoms with E-state index in [1.807, 2.05) is 6.92 Å². The van der Waals surface area contributed by atoms with Crippen molar-refractivity contribution in [3.8, 4) is 11.5 Å². The van der Waals surface area contributed by atoms with Crippen LogP contribution in [0.25, 0.3) is 0 Å². The molecular formula is C13H10N2O5. The number of nitro benzene ring substituents is 2. The third-order valence-corrected chi connectivity index (χ3v) is 2.55. The lowest BCUT2D eigenvalue weighted by molar-refractivity contribution is -0.394. The molecule has 2 rings (SSSR count). The molecule has 0 aromatic heterocycles. The average Bonchev–Trinajstić information content (AvgIpc) is 2.41. The van der Waals surface area contributed by atoms with Crippen molar-refractivity contribution in [2.24, 2.45) is 0 Å². The average molecular weight is 274 g/mol. The maximum atomic E-state index is 10.8. The molecule has 0 bridgehead atoms. The van der Waals surface area contributed by atoms with Crippen molar-refractivity contribution in [1.82, 2.24) is 0 Å². The maximum Gasteiger partial charge on any atom is 0.280 e. The van der Waals surface area contributed by atoms with Gasteiger partial charge in [-0.25, -0.2) is 0 Å². The van der Waals surface area contributed by atoms with Crippen LogP contribution in [0.4, 0.5) is 11.4 Å². The Balaban J connectivity index is 2.37. The SMILES string of the molecule is Cc1ccc(Oc2cc([N+](=O)[O-])cc([N+](=O)[O-])c2)cc1. The summed E-state index contributed by atoms with van der Waals surface area (Å²) in [4.78, 5) is 20.1. The largest absolute Gasteiger partial charge is 0.457 e. The van der Waals surface area contributed by atoms with Crippen LogP contribution < -0.4 is 4.74 Å².